The maximum atomic E-state index is 14.0. The highest BCUT2D eigenvalue weighted by atomic mass is 32.1. The van der Waals surface area contributed by atoms with Gasteiger partial charge in [0.1, 0.15) is 35.4 Å². The van der Waals surface area contributed by atoms with E-state index in [1.54, 1.807) is 0 Å². The molecule has 25 heteroatoms. The van der Waals surface area contributed by atoms with Gasteiger partial charge in [0.05, 0.1) is 28.3 Å². The summed E-state index contributed by atoms with van der Waals surface area (Å²) in [6.45, 7) is 1.36. The molecule has 0 aliphatic heterocycles. The van der Waals surface area contributed by atoms with E-state index in [9.17, 15) is 53.7 Å². The highest BCUT2D eigenvalue weighted by Crippen LogP contribution is 2.26. The average molecular weight is 1090 g/mol. The van der Waals surface area contributed by atoms with Crippen LogP contribution >= 0.6 is 12.6 Å². The number of primary amides is 1. The number of phenols is 3. The molecule has 0 spiro atoms. The summed E-state index contributed by atoms with van der Waals surface area (Å²) in [4.78, 5) is 107. The minimum absolute atomic E-state index is 0.0270. The van der Waals surface area contributed by atoms with Gasteiger partial charge in [0.15, 0.2) is 0 Å². The van der Waals surface area contributed by atoms with Gasteiger partial charge in [-0.2, -0.15) is 0 Å². The topological polar surface area (TPSA) is 438 Å². The number of carbonyl (C=O) groups is 8. The molecule has 4 aromatic rings. The third kappa shape index (κ3) is 19.4. The highest BCUT2D eigenvalue weighted by Gasteiger charge is 2.28. The lowest BCUT2D eigenvalue weighted by atomic mass is 10.1. The molecule has 0 aromatic heterocycles. The number of phenolic OH excluding ortho intramolecular Hbond substituents is 2. The molecule has 4 aromatic carbocycles. The number of carbonyl (C=O) groups excluding carboxylic acids is 8. The number of hydrogen-bond acceptors (Lipinski definition) is 17. The molecule has 0 bridgehead atoms. The summed E-state index contributed by atoms with van der Waals surface area (Å²) in [5.41, 5.74) is 33.6. The van der Waals surface area contributed by atoms with Crippen LogP contribution in [-0.2, 0) is 19.2 Å². The summed E-state index contributed by atoms with van der Waals surface area (Å²) in [5.74, 6) is -7.30. The standard InChI is InChI=1S/C52H71N13O11S/c53-21-5-1-9-37(57)49(73)59-30-14-18-42(67)34(26-30)46(70)63-38(10-2-6-22-54)50(74)61-31-15-19-43(68)35(27-31)47(71)64-39(11-3-7-23-55)51(75)62-32-16-20-44(77)36(28-32)48(72)65-40(12-4-8-24-56)52(76)60-29-13-17-41(66)33(25-29)45(58)69/h13-20,25-28,37-40,66-68,77H,1-12,21-24,53-57H2,(H2,58,69)(H,59,73)(H,60,76)(H,61,74)(H,62,75)(H,63,70)(H,64,71)(H,65,72). The van der Waals surface area contributed by atoms with Crippen molar-refractivity contribution >= 4 is 82.6 Å². The lowest BCUT2D eigenvalue weighted by Crippen LogP contribution is -2.44. The van der Waals surface area contributed by atoms with Crippen molar-refractivity contribution < 1.29 is 53.7 Å². The number of nitrogens with two attached hydrogens (primary N) is 6. The Balaban J connectivity index is 1.50. The van der Waals surface area contributed by atoms with Gasteiger partial charge in [-0.3, -0.25) is 38.4 Å². The van der Waals surface area contributed by atoms with Crippen molar-refractivity contribution in [2.24, 2.45) is 34.4 Å². The Hall–Kier alpha value is -7.81. The predicted molar refractivity (Wildman–Crippen MR) is 294 cm³/mol. The third-order valence-electron chi connectivity index (χ3n) is 12.1. The Morgan fingerprint density at radius 2 is 0.714 bits per heavy atom. The van der Waals surface area contributed by atoms with Gasteiger partial charge in [0.25, 0.3) is 23.6 Å². The third-order valence-corrected chi connectivity index (χ3v) is 12.5. The van der Waals surface area contributed by atoms with Gasteiger partial charge in [-0.05, 0) is 170 Å². The minimum Gasteiger partial charge on any atom is -0.507 e. The van der Waals surface area contributed by atoms with Crippen molar-refractivity contribution in [2.45, 2.75) is 106 Å². The predicted octanol–water partition coefficient (Wildman–Crippen LogP) is 2.18. The van der Waals surface area contributed by atoms with E-state index < -0.39 is 82.9 Å². The zero-order valence-electron chi connectivity index (χ0n) is 42.6. The van der Waals surface area contributed by atoms with Crippen molar-refractivity contribution in [3.8, 4) is 17.2 Å². The first-order valence-corrected chi connectivity index (χ1v) is 25.6. The zero-order chi connectivity index (χ0) is 56.6. The zero-order valence-corrected chi connectivity index (χ0v) is 43.5. The number of amides is 8. The van der Waals surface area contributed by atoms with Gasteiger partial charge in [-0.25, -0.2) is 0 Å². The Kier molecular flexibility index (Phi) is 25.1. The summed E-state index contributed by atoms with van der Waals surface area (Å²) in [7, 11) is 0. The molecule has 4 atom stereocenters. The number of aromatic hydroxyl groups is 3. The smallest absolute Gasteiger partial charge is 0.255 e. The molecule has 0 aliphatic carbocycles. The molecule has 0 heterocycles. The molecule has 0 radical (unpaired) electrons. The fourth-order valence-electron chi connectivity index (χ4n) is 7.75. The lowest BCUT2D eigenvalue weighted by molar-refractivity contribution is -0.118. The first-order chi connectivity index (χ1) is 36.8. The average Bonchev–Trinajstić information content (AvgIpc) is 3.39. The molecule has 416 valence electrons. The number of anilines is 4. The minimum atomic E-state index is -1.23. The van der Waals surface area contributed by atoms with Crippen LogP contribution in [0.5, 0.6) is 17.2 Å². The van der Waals surface area contributed by atoms with E-state index in [1.807, 2.05) is 0 Å². The first kappa shape index (κ1) is 61.7. The van der Waals surface area contributed by atoms with Crippen molar-refractivity contribution in [1.29, 1.82) is 0 Å². The van der Waals surface area contributed by atoms with E-state index >= 15 is 0 Å². The van der Waals surface area contributed by atoms with Gasteiger partial charge in [-0.15, -0.1) is 12.6 Å². The maximum Gasteiger partial charge on any atom is 0.255 e. The summed E-state index contributed by atoms with van der Waals surface area (Å²) in [6, 6.07) is 11.1. The Bertz CT molecular complexity index is 2730. The normalized spacial score (nSPS) is 12.5. The Labute approximate surface area is 451 Å². The number of hydrogen-bond donors (Lipinski definition) is 17. The molecule has 0 saturated carbocycles. The van der Waals surface area contributed by atoms with E-state index in [0.29, 0.717) is 77.4 Å². The van der Waals surface area contributed by atoms with Crippen molar-refractivity contribution in [1.82, 2.24) is 16.0 Å². The fraction of sp³-hybridized carbons (Fsp3) is 0.385. The lowest BCUT2D eigenvalue weighted by Gasteiger charge is -2.21. The second-order valence-electron chi connectivity index (χ2n) is 18.1. The summed E-state index contributed by atoms with van der Waals surface area (Å²) >= 11 is 4.44. The van der Waals surface area contributed by atoms with Crippen LogP contribution in [0.3, 0.4) is 0 Å². The van der Waals surface area contributed by atoms with Crippen LogP contribution in [0.4, 0.5) is 22.7 Å². The fourth-order valence-corrected chi connectivity index (χ4v) is 7.99. The second kappa shape index (κ2) is 31.3. The van der Waals surface area contributed by atoms with E-state index in [-0.39, 0.29) is 81.5 Å². The van der Waals surface area contributed by atoms with Crippen LogP contribution in [0.1, 0.15) is 118 Å². The van der Waals surface area contributed by atoms with Crippen LogP contribution in [0.15, 0.2) is 77.7 Å². The molecule has 77 heavy (non-hydrogen) atoms. The first-order valence-electron chi connectivity index (χ1n) is 25.1. The van der Waals surface area contributed by atoms with E-state index in [1.165, 1.54) is 66.7 Å². The summed E-state index contributed by atoms with van der Waals surface area (Å²) in [5, 5.41) is 50.1. The van der Waals surface area contributed by atoms with Crippen LogP contribution in [0.25, 0.3) is 0 Å². The number of benzene rings is 4. The van der Waals surface area contributed by atoms with E-state index in [2.05, 4.69) is 49.8 Å². The van der Waals surface area contributed by atoms with Gasteiger partial charge < -0.3 is 86.9 Å². The van der Waals surface area contributed by atoms with Crippen LogP contribution in [0, 0.1) is 0 Å². The van der Waals surface area contributed by atoms with Crippen LogP contribution in [-0.4, -0.2) is 113 Å². The summed E-state index contributed by atoms with van der Waals surface area (Å²) < 4.78 is 0. The maximum absolute atomic E-state index is 14.0. The van der Waals surface area contributed by atoms with Crippen molar-refractivity contribution in [3.05, 3.63) is 95.1 Å². The van der Waals surface area contributed by atoms with Crippen molar-refractivity contribution in [2.75, 3.05) is 47.4 Å². The van der Waals surface area contributed by atoms with E-state index in [0.717, 1.165) is 6.07 Å². The summed E-state index contributed by atoms with van der Waals surface area (Å²) in [6.07, 6.45) is 4.83. The largest absolute Gasteiger partial charge is 0.507 e. The highest BCUT2D eigenvalue weighted by molar-refractivity contribution is 7.80. The molecule has 4 unspecified atom stereocenters. The molecule has 0 saturated heterocycles. The molecule has 0 fully saturated rings. The second-order valence-corrected chi connectivity index (χ2v) is 18.6. The molecule has 0 aliphatic rings. The van der Waals surface area contributed by atoms with Gasteiger partial charge >= 0.3 is 0 Å². The Morgan fingerprint density at radius 1 is 0.416 bits per heavy atom. The van der Waals surface area contributed by atoms with Gasteiger partial charge in [0.2, 0.25) is 23.6 Å². The van der Waals surface area contributed by atoms with Gasteiger partial charge in [0, 0.05) is 27.6 Å². The number of nitrogens with one attached hydrogen (secondary N) is 7. The quantitative estimate of drug-likeness (QED) is 0.0195. The number of rotatable bonds is 31. The molecule has 22 N–H and O–H groups in total. The number of unbranched alkanes of at least 4 members (excludes halogenated alkanes) is 4. The molecule has 8 amide bonds. The molecular weight excluding hydrogens is 1010 g/mol. The molecule has 4 rings (SSSR count). The van der Waals surface area contributed by atoms with Gasteiger partial charge in [-0.1, -0.05) is 6.42 Å². The molecular formula is C52H71N13O11S. The molecule has 24 nitrogen and oxygen atoms in total. The van der Waals surface area contributed by atoms with Crippen LogP contribution in [0.2, 0.25) is 0 Å². The Morgan fingerprint density at radius 3 is 1.08 bits per heavy atom. The number of thiol groups is 1. The van der Waals surface area contributed by atoms with E-state index in [4.69, 9.17) is 34.4 Å². The SMILES string of the molecule is NCCCCC(N)C(=O)Nc1ccc(O)c(C(=O)NC(CCCCN)C(=O)Nc2ccc(O)c(C(=O)NC(CCCCN)C(=O)Nc3ccc(S)c(C(=O)NC(CCCCN)C(=O)Nc4ccc(O)c(C(N)=O)c4)c3)c2)c1. The van der Waals surface area contributed by atoms with Crippen molar-refractivity contribution in [3.63, 3.8) is 0 Å². The van der Waals surface area contributed by atoms with Crippen LogP contribution < -0.4 is 71.6 Å². The monoisotopic (exact) mass is 1090 g/mol.